The van der Waals surface area contributed by atoms with Crippen molar-refractivity contribution in [2.45, 2.75) is 45.7 Å². The van der Waals surface area contributed by atoms with Gasteiger partial charge in [0.25, 0.3) is 11.5 Å². The zero-order chi connectivity index (χ0) is 16.6. The van der Waals surface area contributed by atoms with Crippen molar-refractivity contribution in [3.63, 3.8) is 0 Å². The van der Waals surface area contributed by atoms with E-state index in [2.05, 4.69) is 17.2 Å². The number of hydrogen-bond acceptors (Lipinski definition) is 3. The molecule has 1 heterocycles. The molecule has 3 rings (SSSR count). The fourth-order valence-corrected chi connectivity index (χ4v) is 3.37. The molecule has 0 aliphatic heterocycles. The van der Waals surface area contributed by atoms with Crippen molar-refractivity contribution < 1.29 is 4.79 Å². The van der Waals surface area contributed by atoms with Gasteiger partial charge in [0.05, 0.1) is 10.9 Å². The normalized spacial score (nSPS) is 19.7. The molecule has 0 radical (unpaired) electrons. The highest BCUT2D eigenvalue weighted by molar-refractivity contribution is 7.71. The Bertz CT molecular complexity index is 868. The van der Waals surface area contributed by atoms with Crippen LogP contribution in [0.1, 0.15) is 43.5 Å². The minimum atomic E-state index is -0.122. The van der Waals surface area contributed by atoms with Crippen LogP contribution in [-0.2, 0) is 6.54 Å². The summed E-state index contributed by atoms with van der Waals surface area (Å²) in [7, 11) is 0. The molecule has 2 N–H and O–H groups in total. The summed E-state index contributed by atoms with van der Waals surface area (Å²) in [6, 6.07) is 5.40. The molecule has 2 aromatic rings. The van der Waals surface area contributed by atoms with E-state index in [9.17, 15) is 9.59 Å². The van der Waals surface area contributed by atoms with Crippen LogP contribution in [0.5, 0.6) is 0 Å². The summed E-state index contributed by atoms with van der Waals surface area (Å²) in [5, 5.41) is 3.61. The third kappa shape index (κ3) is 3.08. The zero-order valence-corrected chi connectivity index (χ0v) is 14.2. The predicted octanol–water partition coefficient (Wildman–Crippen LogP) is 3.00. The Kier molecular flexibility index (Phi) is 4.35. The van der Waals surface area contributed by atoms with Crippen molar-refractivity contribution in [2.24, 2.45) is 5.92 Å². The van der Waals surface area contributed by atoms with Crippen molar-refractivity contribution >= 4 is 29.0 Å². The Labute approximate surface area is 139 Å². The predicted molar refractivity (Wildman–Crippen MR) is 93.3 cm³/mol. The van der Waals surface area contributed by atoms with E-state index in [-0.39, 0.29) is 11.5 Å². The molecule has 1 fully saturated rings. The molecule has 0 spiro atoms. The number of amides is 1. The maximum atomic E-state index is 12.3. The molecule has 1 amide bonds. The second-order valence-corrected chi connectivity index (χ2v) is 6.49. The van der Waals surface area contributed by atoms with Crippen LogP contribution < -0.4 is 10.9 Å². The second-order valence-electron chi connectivity index (χ2n) is 6.10. The summed E-state index contributed by atoms with van der Waals surface area (Å²) in [5.74, 6) is 0.529. The molecule has 0 bridgehead atoms. The van der Waals surface area contributed by atoms with E-state index in [4.69, 9.17) is 12.2 Å². The largest absolute Gasteiger partial charge is 0.349 e. The van der Waals surface area contributed by atoms with Crippen molar-refractivity contribution in [2.75, 3.05) is 0 Å². The van der Waals surface area contributed by atoms with Gasteiger partial charge in [-0.15, -0.1) is 0 Å². The number of fused-ring (bicyclic) bond motifs is 1. The molecule has 5 nitrogen and oxygen atoms in total. The van der Waals surface area contributed by atoms with Crippen molar-refractivity contribution in [3.05, 3.63) is 38.9 Å². The maximum absolute atomic E-state index is 12.3. The van der Waals surface area contributed by atoms with E-state index in [0.29, 0.717) is 39.7 Å². The molecule has 1 saturated carbocycles. The Morgan fingerprint density at radius 3 is 2.91 bits per heavy atom. The van der Waals surface area contributed by atoms with Gasteiger partial charge < -0.3 is 10.3 Å². The summed E-state index contributed by atoms with van der Waals surface area (Å²) < 4.78 is 1.89. The van der Waals surface area contributed by atoms with E-state index in [1.807, 2.05) is 6.92 Å². The summed E-state index contributed by atoms with van der Waals surface area (Å²) in [6.07, 6.45) is 3.37. The average Bonchev–Trinajstić information content (AvgIpc) is 3.25. The molecule has 23 heavy (non-hydrogen) atoms. The lowest BCUT2D eigenvalue weighted by Crippen LogP contribution is -2.27. The summed E-state index contributed by atoms with van der Waals surface area (Å²) in [4.78, 5) is 27.7. The smallest absolute Gasteiger partial charge is 0.262 e. The Hall–Kier alpha value is -1.95. The lowest BCUT2D eigenvalue weighted by atomic mass is 10.1. The summed E-state index contributed by atoms with van der Waals surface area (Å²) >= 11 is 5.21. The zero-order valence-electron chi connectivity index (χ0n) is 13.4. The minimum absolute atomic E-state index is 0.0884. The number of nitrogens with zero attached hydrogens (tertiary/aromatic N) is 1. The molecule has 0 unspecified atom stereocenters. The first-order valence-corrected chi connectivity index (χ1v) is 8.53. The molecule has 2 atom stereocenters. The van der Waals surface area contributed by atoms with Crippen LogP contribution in [0.15, 0.2) is 23.0 Å². The molecule has 1 aromatic heterocycles. The van der Waals surface area contributed by atoms with Gasteiger partial charge in [-0.3, -0.25) is 14.2 Å². The molecular weight excluding hydrogens is 310 g/mol. The van der Waals surface area contributed by atoms with Gasteiger partial charge in [-0.1, -0.05) is 13.3 Å². The highest BCUT2D eigenvalue weighted by atomic mass is 32.1. The molecule has 0 saturated heterocycles. The number of aromatic nitrogens is 2. The highest BCUT2D eigenvalue weighted by Crippen LogP contribution is 2.34. The van der Waals surface area contributed by atoms with E-state index in [1.165, 1.54) is 4.57 Å². The van der Waals surface area contributed by atoms with Crippen LogP contribution in [0.25, 0.3) is 10.9 Å². The van der Waals surface area contributed by atoms with Gasteiger partial charge in [-0.2, -0.15) is 0 Å². The molecule has 6 heteroatoms. The third-order valence-electron chi connectivity index (χ3n) is 4.46. The number of carbonyl (C=O) groups excluding carboxylic acids is 1. The lowest BCUT2D eigenvalue weighted by Gasteiger charge is -2.08. The van der Waals surface area contributed by atoms with Gasteiger partial charge in [0.1, 0.15) is 0 Å². The van der Waals surface area contributed by atoms with Gasteiger partial charge in [0.2, 0.25) is 0 Å². The molecular formula is C17H21N3O2S. The van der Waals surface area contributed by atoms with Crippen molar-refractivity contribution in [3.8, 4) is 0 Å². The van der Waals surface area contributed by atoms with E-state index in [1.54, 1.807) is 18.2 Å². The van der Waals surface area contributed by atoms with Crippen LogP contribution in [0.3, 0.4) is 0 Å². The SMILES string of the molecule is CCC[C@@H]1C[C@@H]1NC(=O)c1ccc2c(=O)n(CC)c(=S)[nH]c2c1. The van der Waals surface area contributed by atoms with Gasteiger partial charge in [0, 0.05) is 18.2 Å². The van der Waals surface area contributed by atoms with Gasteiger partial charge >= 0.3 is 0 Å². The Morgan fingerprint density at radius 2 is 2.22 bits per heavy atom. The minimum Gasteiger partial charge on any atom is -0.349 e. The number of aromatic amines is 1. The highest BCUT2D eigenvalue weighted by Gasteiger charge is 2.37. The Balaban J connectivity index is 1.87. The van der Waals surface area contributed by atoms with Crippen LogP contribution >= 0.6 is 12.2 Å². The van der Waals surface area contributed by atoms with E-state index in [0.717, 1.165) is 19.3 Å². The van der Waals surface area contributed by atoms with Crippen molar-refractivity contribution in [1.82, 2.24) is 14.9 Å². The Morgan fingerprint density at radius 1 is 1.43 bits per heavy atom. The van der Waals surface area contributed by atoms with Crippen LogP contribution in [-0.4, -0.2) is 21.5 Å². The first-order valence-electron chi connectivity index (χ1n) is 8.12. The van der Waals surface area contributed by atoms with E-state index < -0.39 is 0 Å². The monoisotopic (exact) mass is 331 g/mol. The van der Waals surface area contributed by atoms with Gasteiger partial charge in [-0.25, -0.2) is 0 Å². The quantitative estimate of drug-likeness (QED) is 0.828. The summed E-state index contributed by atoms with van der Waals surface area (Å²) in [5.41, 5.74) is 1.04. The maximum Gasteiger partial charge on any atom is 0.262 e. The number of rotatable bonds is 5. The molecule has 1 aliphatic rings. The number of H-pyrrole nitrogens is 1. The third-order valence-corrected chi connectivity index (χ3v) is 4.78. The number of carbonyl (C=O) groups is 1. The van der Waals surface area contributed by atoms with Gasteiger partial charge in [-0.05, 0) is 56.1 Å². The van der Waals surface area contributed by atoms with Gasteiger partial charge in [0.15, 0.2) is 4.77 Å². The summed E-state index contributed by atoms with van der Waals surface area (Å²) in [6.45, 7) is 4.56. The lowest BCUT2D eigenvalue weighted by molar-refractivity contribution is 0.0949. The van der Waals surface area contributed by atoms with Crippen LogP contribution in [0.4, 0.5) is 0 Å². The van der Waals surface area contributed by atoms with Crippen molar-refractivity contribution in [1.29, 1.82) is 0 Å². The fourth-order valence-electron chi connectivity index (χ4n) is 3.05. The number of hydrogen-bond donors (Lipinski definition) is 2. The van der Waals surface area contributed by atoms with E-state index >= 15 is 0 Å². The standard InChI is InChI=1S/C17H21N3O2S/c1-3-5-10-8-13(10)18-15(21)11-6-7-12-14(9-11)19-17(23)20(4-2)16(12)22/h6-7,9-10,13H,3-5,8H2,1-2H3,(H,18,21)(H,19,23)/t10-,13+/m1/s1. The number of nitrogens with one attached hydrogen (secondary N) is 2. The first kappa shape index (κ1) is 15.9. The number of benzene rings is 1. The molecule has 1 aliphatic carbocycles. The molecule has 1 aromatic carbocycles. The van der Waals surface area contributed by atoms with Crippen LogP contribution in [0.2, 0.25) is 0 Å². The fraction of sp³-hybridized carbons (Fsp3) is 0.471. The molecule has 122 valence electrons. The average molecular weight is 331 g/mol. The second kappa shape index (κ2) is 6.28. The van der Waals surface area contributed by atoms with Crippen LogP contribution in [0, 0.1) is 10.7 Å². The first-order chi connectivity index (χ1) is 11.0. The topological polar surface area (TPSA) is 66.9 Å².